The van der Waals surface area contributed by atoms with Crippen molar-refractivity contribution in [3.8, 4) is 33.4 Å². The van der Waals surface area contributed by atoms with Crippen molar-refractivity contribution in [2.24, 2.45) is 0 Å². The van der Waals surface area contributed by atoms with E-state index in [0.717, 1.165) is 32.7 Å². The molecule has 1 heteroatoms. The Morgan fingerprint density at radius 3 is 1.58 bits per heavy atom. The van der Waals surface area contributed by atoms with Crippen molar-refractivity contribution < 1.29 is 15.4 Å². The van der Waals surface area contributed by atoms with Gasteiger partial charge in [0.15, 0.2) is 0 Å². The molecule has 0 aliphatic rings. The first-order valence-corrected chi connectivity index (χ1v) is 14.1. The molecule has 9 rings (SSSR count). The van der Waals surface area contributed by atoms with Crippen molar-refractivity contribution in [2.75, 3.05) is 0 Å². The fourth-order valence-corrected chi connectivity index (χ4v) is 6.30. The number of fused-ring (bicyclic) bond motifs is 6. The zero-order valence-corrected chi connectivity index (χ0v) is 22.8. The standard InChI is InChI=1S/C42H26O/c1-2-11-27(12-3-1)28-15-10-16-31(23-28)41-34-17-6-8-19-36(34)42(37-20-9-7-18-35(37)41)32-21-22-33-38-24-29-13-4-5-14-30(29)25-40(38)43-39(33)26-32/h1-26H/i6D,7D,8D,9D,17D,18D,19D,20D. The second-order valence-electron chi connectivity index (χ2n) is 10.7. The molecule has 0 atom stereocenters. The maximum Gasteiger partial charge on any atom is 0.136 e. The van der Waals surface area contributed by atoms with Crippen molar-refractivity contribution in [1.82, 2.24) is 0 Å². The number of rotatable bonds is 3. The molecular formula is C42H26O. The van der Waals surface area contributed by atoms with E-state index in [9.17, 15) is 5.48 Å². The fraction of sp³-hybridized carbons (Fsp3) is 0. The lowest BCUT2D eigenvalue weighted by molar-refractivity contribution is 0.669. The fourth-order valence-electron chi connectivity index (χ4n) is 6.30. The van der Waals surface area contributed by atoms with Crippen molar-refractivity contribution in [3.05, 3.63) is 158 Å². The van der Waals surface area contributed by atoms with Crippen LogP contribution in [0.25, 0.3) is 87.6 Å². The van der Waals surface area contributed by atoms with E-state index in [2.05, 4.69) is 6.07 Å². The van der Waals surface area contributed by atoms with E-state index in [4.69, 9.17) is 9.90 Å². The first kappa shape index (κ1) is 17.3. The molecule has 200 valence electrons. The molecule has 0 aliphatic carbocycles. The van der Waals surface area contributed by atoms with Crippen LogP contribution in [0, 0.1) is 0 Å². The highest BCUT2D eigenvalue weighted by Gasteiger charge is 2.18. The summed E-state index contributed by atoms with van der Waals surface area (Å²) in [5.41, 5.74) is 4.68. The van der Waals surface area contributed by atoms with Gasteiger partial charge < -0.3 is 4.42 Å². The summed E-state index contributed by atoms with van der Waals surface area (Å²) in [7, 11) is 0. The molecule has 0 saturated heterocycles. The molecule has 0 N–H and O–H groups in total. The van der Waals surface area contributed by atoms with Gasteiger partial charge in [-0.2, -0.15) is 0 Å². The summed E-state index contributed by atoms with van der Waals surface area (Å²) < 4.78 is 78.4. The second-order valence-corrected chi connectivity index (χ2v) is 10.7. The topological polar surface area (TPSA) is 13.1 Å². The highest BCUT2D eigenvalue weighted by Crippen LogP contribution is 2.45. The molecule has 0 saturated carbocycles. The van der Waals surface area contributed by atoms with E-state index < -0.39 is 24.2 Å². The average Bonchev–Trinajstić information content (AvgIpc) is 3.52. The highest BCUT2D eigenvalue weighted by molar-refractivity contribution is 6.22. The maximum absolute atomic E-state index is 9.27. The van der Waals surface area contributed by atoms with Crippen LogP contribution in [0.5, 0.6) is 0 Å². The number of hydrogen-bond donors (Lipinski definition) is 0. The Morgan fingerprint density at radius 2 is 0.907 bits per heavy atom. The third-order valence-corrected chi connectivity index (χ3v) is 8.26. The molecule has 0 amide bonds. The summed E-state index contributed by atoms with van der Waals surface area (Å²) in [5.74, 6) is 0. The lowest BCUT2D eigenvalue weighted by Gasteiger charge is -2.18. The zero-order valence-electron chi connectivity index (χ0n) is 30.8. The zero-order chi connectivity index (χ0) is 35.3. The van der Waals surface area contributed by atoms with E-state index in [1.807, 2.05) is 97.1 Å². The summed E-state index contributed by atoms with van der Waals surface area (Å²) in [5, 5.41) is 4.55. The number of hydrogen-bond acceptors (Lipinski definition) is 1. The van der Waals surface area contributed by atoms with Gasteiger partial charge >= 0.3 is 0 Å². The minimum absolute atomic E-state index is 0.167. The molecular weight excluding hydrogens is 520 g/mol. The summed E-state index contributed by atoms with van der Waals surface area (Å²) >= 11 is 0. The van der Waals surface area contributed by atoms with Crippen LogP contribution >= 0.6 is 0 Å². The molecule has 0 spiro atoms. The van der Waals surface area contributed by atoms with Gasteiger partial charge in [-0.25, -0.2) is 0 Å². The average molecular weight is 555 g/mol. The van der Waals surface area contributed by atoms with Crippen molar-refractivity contribution in [3.63, 3.8) is 0 Å². The van der Waals surface area contributed by atoms with Gasteiger partial charge in [-0.3, -0.25) is 0 Å². The minimum atomic E-state index is -0.436. The SMILES string of the molecule is [2H]c1c([2H])c([2H])c2c(-c3ccc4c(c3)oc3cc5ccccc5cc34)c3c([2H])c([2H])c([2H])c([2H])c3c(-c3cccc(-c4ccccc4)c3)c2c1[2H]. The van der Waals surface area contributed by atoms with Crippen LogP contribution in [0.2, 0.25) is 0 Å². The van der Waals surface area contributed by atoms with Gasteiger partial charge in [-0.15, -0.1) is 0 Å². The molecule has 1 nitrogen and oxygen atoms in total. The third kappa shape index (κ3) is 3.79. The molecule has 9 aromatic rings. The van der Waals surface area contributed by atoms with Crippen LogP contribution in [0.4, 0.5) is 0 Å². The molecule has 0 fully saturated rings. The normalized spacial score (nSPS) is 14.3. The van der Waals surface area contributed by atoms with E-state index in [0.29, 0.717) is 27.9 Å². The van der Waals surface area contributed by atoms with Gasteiger partial charge in [0.1, 0.15) is 11.2 Å². The van der Waals surface area contributed by atoms with Crippen molar-refractivity contribution in [1.29, 1.82) is 0 Å². The van der Waals surface area contributed by atoms with Gasteiger partial charge in [0.2, 0.25) is 0 Å². The quantitative estimate of drug-likeness (QED) is 0.198. The van der Waals surface area contributed by atoms with Crippen LogP contribution < -0.4 is 0 Å². The van der Waals surface area contributed by atoms with Gasteiger partial charge in [0, 0.05) is 10.8 Å². The number of furan rings is 1. The summed E-state index contributed by atoms with van der Waals surface area (Å²) in [6.07, 6.45) is 0. The monoisotopic (exact) mass is 554 g/mol. The molecule has 0 bridgehead atoms. The van der Waals surface area contributed by atoms with E-state index in [-0.39, 0.29) is 51.3 Å². The largest absolute Gasteiger partial charge is 0.456 e. The van der Waals surface area contributed by atoms with Crippen LogP contribution in [0.3, 0.4) is 0 Å². The molecule has 0 aliphatic heterocycles. The first-order valence-electron chi connectivity index (χ1n) is 18.1. The molecule has 8 aromatic carbocycles. The number of benzene rings is 8. The van der Waals surface area contributed by atoms with Crippen LogP contribution in [0.15, 0.2) is 162 Å². The van der Waals surface area contributed by atoms with Gasteiger partial charge in [0.05, 0.1) is 11.0 Å². The molecule has 1 heterocycles. The highest BCUT2D eigenvalue weighted by atomic mass is 16.3. The molecule has 1 aromatic heterocycles. The molecule has 43 heavy (non-hydrogen) atoms. The van der Waals surface area contributed by atoms with E-state index in [1.165, 1.54) is 0 Å². The molecule has 0 radical (unpaired) electrons. The summed E-state index contributed by atoms with van der Waals surface area (Å²) in [6, 6.07) is 31.9. The Hall–Kier alpha value is -5.66. The van der Waals surface area contributed by atoms with E-state index >= 15 is 0 Å². The van der Waals surface area contributed by atoms with Crippen LogP contribution in [0.1, 0.15) is 11.0 Å². The predicted molar refractivity (Wildman–Crippen MR) is 183 cm³/mol. The van der Waals surface area contributed by atoms with Crippen LogP contribution in [-0.4, -0.2) is 0 Å². The van der Waals surface area contributed by atoms with Gasteiger partial charge in [-0.05, 0) is 96.0 Å². The Balaban J connectivity index is 1.46. The lowest BCUT2D eigenvalue weighted by Crippen LogP contribution is -1.91. The van der Waals surface area contributed by atoms with Gasteiger partial charge in [0.25, 0.3) is 0 Å². The maximum atomic E-state index is 9.27. The first-order chi connectivity index (χ1) is 24.6. The summed E-state index contributed by atoms with van der Waals surface area (Å²) in [4.78, 5) is 0. The summed E-state index contributed by atoms with van der Waals surface area (Å²) in [6.45, 7) is 0. The Morgan fingerprint density at radius 1 is 0.372 bits per heavy atom. The van der Waals surface area contributed by atoms with Crippen LogP contribution in [-0.2, 0) is 0 Å². The van der Waals surface area contributed by atoms with E-state index in [1.54, 1.807) is 6.07 Å². The third-order valence-electron chi connectivity index (χ3n) is 8.26. The lowest BCUT2D eigenvalue weighted by atomic mass is 9.85. The predicted octanol–water partition coefficient (Wildman–Crippen LogP) is 12.0. The van der Waals surface area contributed by atoms with Crippen molar-refractivity contribution >= 4 is 54.3 Å². The Kier molecular flexibility index (Phi) is 3.80. The Bertz CT molecular complexity index is 2870. The smallest absolute Gasteiger partial charge is 0.136 e. The van der Waals surface area contributed by atoms with Gasteiger partial charge in [-0.1, -0.05) is 127 Å². The van der Waals surface area contributed by atoms with Crippen molar-refractivity contribution in [2.45, 2.75) is 0 Å². The second kappa shape index (κ2) is 9.44. The molecule has 0 unspecified atom stereocenters. The Labute approximate surface area is 260 Å². The minimum Gasteiger partial charge on any atom is -0.456 e.